The number of hydrogen-bond donors (Lipinski definition) is 1. The van der Waals surface area contributed by atoms with Gasteiger partial charge in [-0.05, 0) is 35.4 Å². The Hall–Kier alpha value is -3.78. The molecule has 4 rings (SSSR count). The van der Waals surface area contributed by atoms with Crippen LogP contribution in [0.3, 0.4) is 0 Å². The van der Waals surface area contributed by atoms with Gasteiger partial charge in [0.05, 0.1) is 12.9 Å². The summed E-state index contributed by atoms with van der Waals surface area (Å²) in [6.45, 7) is 0.819. The van der Waals surface area contributed by atoms with Crippen LogP contribution in [0.1, 0.15) is 11.1 Å². The molecule has 0 fully saturated rings. The van der Waals surface area contributed by atoms with Gasteiger partial charge in [-0.3, -0.25) is 4.79 Å². The second-order valence-electron chi connectivity index (χ2n) is 7.06. The van der Waals surface area contributed by atoms with E-state index in [-0.39, 0.29) is 11.7 Å². The third kappa shape index (κ3) is 6.36. The molecule has 4 aromatic rings. The fourth-order valence-corrected chi connectivity index (χ4v) is 3.61. The minimum atomic E-state index is -0.136. The third-order valence-corrected chi connectivity index (χ3v) is 5.53. The van der Waals surface area contributed by atoms with Gasteiger partial charge in [-0.15, -0.1) is 10.2 Å². The fourth-order valence-electron chi connectivity index (χ4n) is 3.02. The van der Waals surface area contributed by atoms with Crippen molar-refractivity contribution in [3.05, 3.63) is 90.0 Å². The largest absolute Gasteiger partial charge is 0.493 e. The van der Waals surface area contributed by atoms with Gasteiger partial charge in [0.15, 0.2) is 11.5 Å². The van der Waals surface area contributed by atoms with Crippen molar-refractivity contribution in [2.45, 2.75) is 18.4 Å². The second kappa shape index (κ2) is 11.2. The maximum atomic E-state index is 12.3. The number of thioether (sulfide) groups is 1. The highest BCUT2D eigenvalue weighted by atomic mass is 32.2. The number of nitrogens with one attached hydrogen (secondary N) is 1. The second-order valence-corrected chi connectivity index (χ2v) is 7.99. The van der Waals surface area contributed by atoms with Crippen molar-refractivity contribution in [2.24, 2.45) is 0 Å². The Kier molecular flexibility index (Phi) is 7.60. The number of benzene rings is 3. The summed E-state index contributed by atoms with van der Waals surface area (Å²) in [7, 11) is 1.60. The summed E-state index contributed by atoms with van der Waals surface area (Å²) in [5.41, 5.74) is 2.82. The van der Waals surface area contributed by atoms with E-state index in [0.29, 0.717) is 35.8 Å². The van der Waals surface area contributed by atoms with Crippen LogP contribution < -0.4 is 14.8 Å². The number of aromatic nitrogens is 2. The lowest BCUT2D eigenvalue weighted by atomic mass is 10.2. The first-order valence-electron chi connectivity index (χ1n) is 10.3. The number of ether oxygens (including phenoxy) is 2. The van der Waals surface area contributed by atoms with E-state index in [9.17, 15) is 4.79 Å². The monoisotopic (exact) mass is 461 g/mol. The van der Waals surface area contributed by atoms with Gasteiger partial charge in [-0.2, -0.15) is 0 Å². The highest BCUT2D eigenvalue weighted by Gasteiger charge is 2.12. The molecule has 33 heavy (non-hydrogen) atoms. The van der Waals surface area contributed by atoms with E-state index >= 15 is 0 Å². The molecule has 0 bridgehead atoms. The summed E-state index contributed by atoms with van der Waals surface area (Å²) in [6, 6.07) is 25.0. The standard InChI is InChI=1S/C25H23N3O4S/c1-30-22-14-19(12-13-21(22)31-16-18-8-4-2-5-9-18)15-26-23(29)17-33-25-28-27-24(32-25)20-10-6-3-7-11-20/h2-14H,15-17H2,1H3,(H,26,29). The summed E-state index contributed by atoms with van der Waals surface area (Å²) in [5.74, 6) is 1.73. The fraction of sp³-hybridized carbons (Fsp3) is 0.160. The van der Waals surface area contributed by atoms with Crippen LogP contribution in [0.4, 0.5) is 0 Å². The highest BCUT2D eigenvalue weighted by molar-refractivity contribution is 7.99. The van der Waals surface area contributed by atoms with E-state index in [0.717, 1.165) is 16.7 Å². The van der Waals surface area contributed by atoms with Crippen molar-refractivity contribution in [3.8, 4) is 23.0 Å². The van der Waals surface area contributed by atoms with Crippen LogP contribution in [0, 0.1) is 0 Å². The molecule has 0 unspecified atom stereocenters. The highest BCUT2D eigenvalue weighted by Crippen LogP contribution is 2.29. The molecule has 0 aliphatic rings. The first-order chi connectivity index (χ1) is 16.2. The number of amides is 1. The number of rotatable bonds is 10. The number of carbonyl (C=O) groups excluding carboxylic acids is 1. The minimum absolute atomic E-state index is 0.136. The van der Waals surface area contributed by atoms with Gasteiger partial charge in [0.25, 0.3) is 5.22 Å². The van der Waals surface area contributed by atoms with Crippen molar-refractivity contribution in [1.82, 2.24) is 15.5 Å². The zero-order valence-corrected chi connectivity index (χ0v) is 18.9. The summed E-state index contributed by atoms with van der Waals surface area (Å²) < 4.78 is 16.9. The van der Waals surface area contributed by atoms with Gasteiger partial charge in [-0.1, -0.05) is 66.4 Å². The van der Waals surface area contributed by atoms with Crippen molar-refractivity contribution < 1.29 is 18.7 Å². The molecule has 8 heteroatoms. The van der Waals surface area contributed by atoms with E-state index in [1.807, 2.05) is 78.9 Å². The Morgan fingerprint density at radius 2 is 1.70 bits per heavy atom. The number of nitrogens with zero attached hydrogens (tertiary/aromatic N) is 2. The van der Waals surface area contributed by atoms with E-state index in [1.165, 1.54) is 11.8 Å². The zero-order chi connectivity index (χ0) is 22.9. The molecule has 1 amide bonds. The van der Waals surface area contributed by atoms with Gasteiger partial charge in [-0.25, -0.2) is 0 Å². The summed E-state index contributed by atoms with van der Waals surface area (Å²) >= 11 is 1.20. The molecule has 0 aliphatic carbocycles. The maximum absolute atomic E-state index is 12.3. The van der Waals surface area contributed by atoms with Crippen LogP contribution in [0.15, 0.2) is 88.5 Å². The molecule has 0 saturated carbocycles. The molecular weight excluding hydrogens is 438 g/mol. The molecule has 0 spiro atoms. The van der Waals surface area contributed by atoms with Crippen molar-refractivity contribution in [2.75, 3.05) is 12.9 Å². The van der Waals surface area contributed by atoms with Crippen molar-refractivity contribution >= 4 is 17.7 Å². The molecule has 1 N–H and O–H groups in total. The molecule has 0 radical (unpaired) electrons. The van der Waals surface area contributed by atoms with Gasteiger partial charge < -0.3 is 19.2 Å². The summed E-state index contributed by atoms with van der Waals surface area (Å²) in [4.78, 5) is 12.3. The normalized spacial score (nSPS) is 10.6. The van der Waals surface area contributed by atoms with Gasteiger partial charge in [0.1, 0.15) is 6.61 Å². The number of carbonyl (C=O) groups is 1. The van der Waals surface area contributed by atoms with Crippen molar-refractivity contribution in [3.63, 3.8) is 0 Å². The lowest BCUT2D eigenvalue weighted by Crippen LogP contribution is -2.24. The quantitative estimate of drug-likeness (QED) is 0.342. The summed E-state index contributed by atoms with van der Waals surface area (Å²) in [5, 5.41) is 11.3. The van der Waals surface area contributed by atoms with Gasteiger partial charge in [0, 0.05) is 12.1 Å². The lowest BCUT2D eigenvalue weighted by Gasteiger charge is -2.13. The predicted octanol–water partition coefficient (Wildman–Crippen LogP) is 4.73. The number of methoxy groups -OCH3 is 1. The molecule has 0 atom stereocenters. The topological polar surface area (TPSA) is 86.5 Å². The predicted molar refractivity (Wildman–Crippen MR) is 126 cm³/mol. The van der Waals surface area contributed by atoms with Crippen molar-refractivity contribution in [1.29, 1.82) is 0 Å². The maximum Gasteiger partial charge on any atom is 0.277 e. The van der Waals surface area contributed by atoms with Gasteiger partial charge >= 0.3 is 0 Å². The average Bonchev–Trinajstić information content (AvgIpc) is 3.35. The molecule has 1 aromatic heterocycles. The SMILES string of the molecule is COc1cc(CNC(=O)CSc2nnc(-c3ccccc3)o2)ccc1OCc1ccccc1. The molecule has 0 aliphatic heterocycles. The van der Waals surface area contributed by atoms with Crippen LogP contribution in [0.5, 0.6) is 11.5 Å². The first-order valence-corrected chi connectivity index (χ1v) is 11.3. The Bertz CT molecular complexity index is 1180. The van der Waals surface area contributed by atoms with Crippen LogP contribution in [-0.4, -0.2) is 29.0 Å². The molecule has 0 saturated heterocycles. The van der Waals surface area contributed by atoms with E-state index in [1.54, 1.807) is 7.11 Å². The summed E-state index contributed by atoms with van der Waals surface area (Å²) in [6.07, 6.45) is 0. The first kappa shape index (κ1) is 22.4. The number of hydrogen-bond acceptors (Lipinski definition) is 7. The smallest absolute Gasteiger partial charge is 0.277 e. The van der Waals surface area contributed by atoms with Crippen LogP contribution in [-0.2, 0) is 17.9 Å². The Morgan fingerprint density at radius 1 is 0.939 bits per heavy atom. The Labute approximate surface area is 196 Å². The average molecular weight is 462 g/mol. The third-order valence-electron chi connectivity index (χ3n) is 4.71. The molecule has 168 valence electrons. The van der Waals surface area contributed by atoms with Gasteiger partial charge in [0.2, 0.25) is 11.8 Å². The van der Waals surface area contributed by atoms with E-state index in [4.69, 9.17) is 13.9 Å². The molecule has 1 heterocycles. The molecule has 7 nitrogen and oxygen atoms in total. The minimum Gasteiger partial charge on any atom is -0.493 e. The van der Waals surface area contributed by atoms with Crippen LogP contribution >= 0.6 is 11.8 Å². The van der Waals surface area contributed by atoms with Crippen LogP contribution in [0.25, 0.3) is 11.5 Å². The Morgan fingerprint density at radius 3 is 2.45 bits per heavy atom. The lowest BCUT2D eigenvalue weighted by molar-refractivity contribution is -0.118. The van der Waals surface area contributed by atoms with E-state index < -0.39 is 0 Å². The molecule has 3 aromatic carbocycles. The Balaban J connectivity index is 1.26. The zero-order valence-electron chi connectivity index (χ0n) is 18.1. The van der Waals surface area contributed by atoms with E-state index in [2.05, 4.69) is 15.5 Å². The molecular formula is C25H23N3O4S. The van der Waals surface area contributed by atoms with Crippen LogP contribution in [0.2, 0.25) is 0 Å².